The maximum absolute atomic E-state index is 8.58. The number of aliphatic hydroxyl groups is 1. The summed E-state index contributed by atoms with van der Waals surface area (Å²) in [4.78, 5) is 0. The van der Waals surface area contributed by atoms with Crippen LogP contribution in [0.5, 0.6) is 0 Å². The molecule has 0 fully saturated rings. The Hall–Kier alpha value is -0.880. The van der Waals surface area contributed by atoms with Crippen LogP contribution in [0.2, 0.25) is 0 Å². The zero-order valence-electron chi connectivity index (χ0n) is 5.84. The van der Waals surface area contributed by atoms with E-state index in [1.54, 1.807) is 5.37 Å². The van der Waals surface area contributed by atoms with Crippen molar-refractivity contribution in [2.75, 3.05) is 6.61 Å². The first-order chi connectivity index (χ1) is 5.38. The molecule has 11 heavy (non-hydrogen) atoms. The molecule has 1 aromatic rings. The highest BCUT2D eigenvalue weighted by Gasteiger charge is 2.01. The minimum atomic E-state index is 0.0372. The van der Waals surface area contributed by atoms with Crippen molar-refractivity contribution in [2.45, 2.75) is 13.0 Å². The molecule has 1 N–H and O–H groups in total. The van der Waals surface area contributed by atoms with Crippen LogP contribution < -0.4 is 0 Å². The van der Waals surface area contributed by atoms with E-state index in [1.165, 1.54) is 4.68 Å². The van der Waals surface area contributed by atoms with Gasteiger partial charge < -0.3 is 5.11 Å². The third-order valence-electron chi connectivity index (χ3n) is 1.18. The molecule has 1 heterocycles. The van der Waals surface area contributed by atoms with E-state index in [0.29, 0.717) is 18.8 Å². The van der Waals surface area contributed by atoms with Crippen molar-refractivity contribution in [1.82, 2.24) is 20.2 Å². The van der Waals surface area contributed by atoms with Gasteiger partial charge in [-0.25, -0.2) is 4.68 Å². The Balaban J connectivity index is 2.69. The van der Waals surface area contributed by atoms with Crippen LogP contribution in [0.4, 0.5) is 0 Å². The lowest BCUT2D eigenvalue weighted by Gasteiger charge is -1.97. The molecule has 0 aliphatic rings. The second-order valence-corrected chi connectivity index (χ2v) is 2.25. The minimum Gasteiger partial charge on any atom is -0.394 e. The number of tetrazole rings is 1. The van der Waals surface area contributed by atoms with Gasteiger partial charge in [0, 0.05) is 6.42 Å². The van der Waals surface area contributed by atoms with Crippen molar-refractivity contribution in [2.24, 2.45) is 0 Å². The van der Waals surface area contributed by atoms with E-state index in [0.717, 1.165) is 0 Å². The molecule has 60 valence electrons. The maximum Gasteiger partial charge on any atom is 0.155 e. The second-order valence-electron chi connectivity index (χ2n) is 1.91. The third-order valence-corrected chi connectivity index (χ3v) is 1.35. The summed E-state index contributed by atoms with van der Waals surface area (Å²) in [5.41, 5.74) is 0. The number of nitrogens with zero attached hydrogens (tertiary/aromatic N) is 4. The van der Waals surface area contributed by atoms with Gasteiger partial charge in [0.15, 0.2) is 5.82 Å². The van der Waals surface area contributed by atoms with Crippen molar-refractivity contribution in [3.63, 3.8) is 0 Å². The molecular formula is C5H8N4OS. The van der Waals surface area contributed by atoms with Crippen LogP contribution in [0.25, 0.3) is 0 Å². The van der Waals surface area contributed by atoms with Crippen molar-refractivity contribution in [3.05, 3.63) is 5.82 Å². The predicted molar refractivity (Wildman–Crippen MR) is 42.3 cm³/mol. The highest BCUT2D eigenvalue weighted by atomic mass is 32.1. The molecule has 1 aromatic heterocycles. The van der Waals surface area contributed by atoms with E-state index in [1.807, 2.05) is 0 Å². The molecule has 0 aliphatic carbocycles. The molecule has 0 bridgehead atoms. The number of hydrogen-bond acceptors (Lipinski definition) is 5. The molecule has 0 saturated carbocycles. The molecule has 0 radical (unpaired) electrons. The first kappa shape index (κ1) is 8.22. The predicted octanol–water partition coefficient (Wildman–Crippen LogP) is -0.792. The average Bonchev–Trinajstić information content (AvgIpc) is 2.39. The summed E-state index contributed by atoms with van der Waals surface area (Å²) < 4.78 is 1.53. The summed E-state index contributed by atoms with van der Waals surface area (Å²) in [5, 5.41) is 20.9. The SMILES string of the molecule is OCCn1nnnc1CC=S. The van der Waals surface area contributed by atoms with Gasteiger partial charge in [0.05, 0.1) is 13.2 Å². The Morgan fingerprint density at radius 1 is 1.64 bits per heavy atom. The topological polar surface area (TPSA) is 63.8 Å². The minimum absolute atomic E-state index is 0.0372. The van der Waals surface area contributed by atoms with Crippen molar-refractivity contribution >= 4 is 17.6 Å². The Morgan fingerprint density at radius 2 is 2.45 bits per heavy atom. The van der Waals surface area contributed by atoms with Gasteiger partial charge in [0.1, 0.15) is 0 Å². The molecule has 1 rings (SSSR count). The van der Waals surface area contributed by atoms with Gasteiger partial charge >= 0.3 is 0 Å². The van der Waals surface area contributed by atoms with Gasteiger partial charge in [0.25, 0.3) is 0 Å². The highest BCUT2D eigenvalue weighted by molar-refractivity contribution is 7.78. The normalized spacial score (nSPS) is 9.91. The summed E-state index contributed by atoms with van der Waals surface area (Å²) in [5.74, 6) is 0.689. The van der Waals surface area contributed by atoms with Crippen LogP contribution in [0.15, 0.2) is 0 Å². The number of aliphatic hydroxyl groups excluding tert-OH is 1. The van der Waals surface area contributed by atoms with Crippen LogP contribution in [-0.2, 0) is 13.0 Å². The number of rotatable bonds is 4. The molecule has 6 heteroatoms. The summed E-state index contributed by atoms with van der Waals surface area (Å²) in [6.45, 7) is 0.459. The molecule has 0 saturated heterocycles. The molecule has 0 aromatic carbocycles. The third kappa shape index (κ3) is 2.02. The average molecular weight is 172 g/mol. The van der Waals surface area contributed by atoms with Gasteiger partial charge in [-0.15, -0.1) is 5.10 Å². The van der Waals surface area contributed by atoms with E-state index >= 15 is 0 Å². The Labute approximate surface area is 69.0 Å². The van der Waals surface area contributed by atoms with Crippen LogP contribution in [0.3, 0.4) is 0 Å². The van der Waals surface area contributed by atoms with E-state index in [4.69, 9.17) is 5.11 Å². The molecular weight excluding hydrogens is 164 g/mol. The summed E-state index contributed by atoms with van der Waals surface area (Å²) in [7, 11) is 0. The van der Waals surface area contributed by atoms with Gasteiger partial charge in [0.2, 0.25) is 0 Å². The van der Waals surface area contributed by atoms with E-state index in [2.05, 4.69) is 27.7 Å². The molecule has 0 aliphatic heterocycles. The maximum atomic E-state index is 8.58. The number of hydrogen-bond donors (Lipinski definition) is 1. The van der Waals surface area contributed by atoms with Crippen molar-refractivity contribution in [1.29, 1.82) is 0 Å². The quantitative estimate of drug-likeness (QED) is 0.603. The first-order valence-corrected chi connectivity index (χ1v) is 3.65. The number of aromatic nitrogens is 4. The lowest BCUT2D eigenvalue weighted by atomic mass is 10.4. The standard InChI is InChI=1S/C5H8N4OS/c10-3-2-9-5(1-4-11)6-7-8-9/h4,10H,1-3H2. The fourth-order valence-electron chi connectivity index (χ4n) is 0.712. The van der Waals surface area contributed by atoms with Crippen molar-refractivity contribution < 1.29 is 5.11 Å². The molecule has 0 spiro atoms. The summed E-state index contributed by atoms with van der Waals surface area (Å²) >= 11 is 4.65. The molecule has 0 unspecified atom stereocenters. The zero-order chi connectivity index (χ0) is 8.10. The van der Waals surface area contributed by atoms with Gasteiger partial charge in [-0.3, -0.25) is 0 Å². The van der Waals surface area contributed by atoms with Crippen LogP contribution in [0.1, 0.15) is 5.82 Å². The number of thiocarbonyl (C=S) groups is 1. The fourth-order valence-corrected chi connectivity index (χ4v) is 0.861. The van der Waals surface area contributed by atoms with E-state index in [-0.39, 0.29) is 6.61 Å². The van der Waals surface area contributed by atoms with Gasteiger partial charge in [-0.2, -0.15) is 0 Å². The van der Waals surface area contributed by atoms with Gasteiger partial charge in [-0.1, -0.05) is 12.2 Å². The monoisotopic (exact) mass is 172 g/mol. The van der Waals surface area contributed by atoms with Crippen LogP contribution in [-0.4, -0.2) is 37.3 Å². The Morgan fingerprint density at radius 3 is 3.09 bits per heavy atom. The smallest absolute Gasteiger partial charge is 0.155 e. The van der Waals surface area contributed by atoms with E-state index < -0.39 is 0 Å². The zero-order valence-corrected chi connectivity index (χ0v) is 6.66. The highest BCUT2D eigenvalue weighted by Crippen LogP contribution is 1.90. The van der Waals surface area contributed by atoms with Crippen molar-refractivity contribution in [3.8, 4) is 0 Å². The second kappa shape index (κ2) is 4.09. The van der Waals surface area contributed by atoms with Gasteiger partial charge in [-0.05, 0) is 15.8 Å². The largest absolute Gasteiger partial charge is 0.394 e. The Bertz CT molecular complexity index is 236. The fraction of sp³-hybridized carbons (Fsp3) is 0.600. The van der Waals surface area contributed by atoms with Crippen LogP contribution in [0, 0.1) is 0 Å². The lowest BCUT2D eigenvalue weighted by Crippen LogP contribution is -2.08. The first-order valence-electron chi connectivity index (χ1n) is 3.18. The van der Waals surface area contributed by atoms with Crippen LogP contribution >= 0.6 is 12.2 Å². The lowest BCUT2D eigenvalue weighted by molar-refractivity contribution is 0.266. The summed E-state index contributed by atoms with van der Waals surface area (Å²) in [6, 6.07) is 0. The van der Waals surface area contributed by atoms with E-state index in [9.17, 15) is 0 Å². The molecule has 5 nitrogen and oxygen atoms in total. The molecule has 0 amide bonds. The Kier molecular flexibility index (Phi) is 3.06. The summed E-state index contributed by atoms with van der Waals surface area (Å²) in [6.07, 6.45) is 0.558. The molecule has 0 atom stereocenters.